The maximum atomic E-state index is 3.92. The van der Waals surface area contributed by atoms with Crippen molar-refractivity contribution in [2.24, 2.45) is 4.99 Å². The average Bonchev–Trinajstić information content (AvgIpc) is 1.99. The Morgan fingerprint density at radius 2 is 2.30 bits per heavy atom. The fraction of sp³-hybridized carbons (Fsp3) is 0.875. The molecule has 0 rings (SSSR count). The molecule has 1 N–H and O–H groups in total. The fourth-order valence-electron chi connectivity index (χ4n) is 0.957. The van der Waals surface area contributed by atoms with E-state index in [-0.39, 0.29) is 0 Å². The van der Waals surface area contributed by atoms with Gasteiger partial charge in [0.25, 0.3) is 0 Å². The normalized spacial score (nSPS) is 14.3. The highest BCUT2D eigenvalue weighted by Crippen LogP contribution is 1.98. The van der Waals surface area contributed by atoms with Crippen LogP contribution in [0, 0.1) is 0 Å². The Labute approximate surface area is 63.7 Å². The van der Waals surface area contributed by atoms with Crippen LogP contribution in [0.2, 0.25) is 0 Å². The summed E-state index contributed by atoms with van der Waals surface area (Å²) in [5.41, 5.74) is 0. The zero-order chi connectivity index (χ0) is 7.82. The summed E-state index contributed by atoms with van der Waals surface area (Å²) in [5.74, 6) is 0. The van der Waals surface area contributed by atoms with E-state index in [0.29, 0.717) is 6.04 Å². The molecule has 2 nitrogen and oxygen atoms in total. The predicted molar refractivity (Wildman–Crippen MR) is 46.8 cm³/mol. The molecule has 0 fully saturated rings. The van der Waals surface area contributed by atoms with Gasteiger partial charge < -0.3 is 10.3 Å². The van der Waals surface area contributed by atoms with Crippen molar-refractivity contribution in [1.82, 2.24) is 5.32 Å². The third kappa shape index (κ3) is 4.50. The first-order valence-corrected chi connectivity index (χ1v) is 3.93. The molecule has 0 aromatic rings. The summed E-state index contributed by atoms with van der Waals surface area (Å²) in [4.78, 5) is 3.92. The van der Waals surface area contributed by atoms with Crippen LogP contribution in [0.15, 0.2) is 4.99 Å². The molecule has 60 valence electrons. The van der Waals surface area contributed by atoms with Gasteiger partial charge in [0.1, 0.15) is 0 Å². The molecule has 0 bridgehead atoms. The van der Waals surface area contributed by atoms with E-state index < -0.39 is 0 Å². The Hall–Kier alpha value is -0.370. The van der Waals surface area contributed by atoms with Gasteiger partial charge in [-0.3, -0.25) is 0 Å². The predicted octanol–water partition coefficient (Wildman–Crippen LogP) is 1.47. The van der Waals surface area contributed by atoms with Crippen molar-refractivity contribution >= 4 is 6.21 Å². The van der Waals surface area contributed by atoms with E-state index in [1.54, 1.807) is 0 Å². The van der Waals surface area contributed by atoms with Gasteiger partial charge in [-0.1, -0.05) is 6.92 Å². The Morgan fingerprint density at radius 1 is 1.60 bits per heavy atom. The highest BCUT2D eigenvalue weighted by atomic mass is 14.9. The van der Waals surface area contributed by atoms with Gasteiger partial charge in [-0.05, 0) is 32.5 Å². The third-order valence-electron chi connectivity index (χ3n) is 1.73. The summed E-state index contributed by atoms with van der Waals surface area (Å²) in [5, 5.41) is 3.25. The molecule has 0 aliphatic heterocycles. The van der Waals surface area contributed by atoms with E-state index >= 15 is 0 Å². The summed E-state index contributed by atoms with van der Waals surface area (Å²) >= 11 is 0. The number of rotatable bonds is 5. The molecule has 0 aromatic heterocycles. The van der Waals surface area contributed by atoms with Crippen LogP contribution >= 0.6 is 0 Å². The first-order chi connectivity index (χ1) is 4.85. The summed E-state index contributed by atoms with van der Waals surface area (Å²) in [6.45, 7) is 2.20. The van der Waals surface area contributed by atoms with Gasteiger partial charge in [-0.25, -0.2) is 0 Å². The van der Waals surface area contributed by atoms with Gasteiger partial charge in [-0.15, -0.1) is 0 Å². The van der Waals surface area contributed by atoms with Crippen molar-refractivity contribution in [3.05, 3.63) is 0 Å². The molecule has 0 spiro atoms. The number of hydrogen-bond donors (Lipinski definition) is 1. The second-order valence-electron chi connectivity index (χ2n) is 2.41. The summed E-state index contributed by atoms with van der Waals surface area (Å²) in [7, 11) is 3.83. The van der Waals surface area contributed by atoms with Crippen molar-refractivity contribution in [3.8, 4) is 0 Å². The topological polar surface area (TPSA) is 24.4 Å². The molecule has 0 aliphatic rings. The lowest BCUT2D eigenvalue weighted by Crippen LogP contribution is -2.23. The van der Waals surface area contributed by atoms with Crippen LogP contribution in [0.3, 0.4) is 0 Å². The molecule has 0 aliphatic carbocycles. The molecule has 0 heterocycles. The molecule has 0 radical (unpaired) electrons. The number of nitrogens with zero attached hydrogens (tertiary/aromatic N) is 1. The number of nitrogens with one attached hydrogen (secondary N) is 1. The van der Waals surface area contributed by atoms with Crippen molar-refractivity contribution in [3.63, 3.8) is 0 Å². The molecule has 0 amide bonds. The van der Waals surface area contributed by atoms with Crippen LogP contribution in [0.4, 0.5) is 0 Å². The van der Waals surface area contributed by atoms with Crippen molar-refractivity contribution in [2.45, 2.75) is 32.2 Å². The van der Waals surface area contributed by atoms with Crippen LogP contribution < -0.4 is 5.32 Å². The maximum Gasteiger partial charge on any atom is 0.0273 e. The maximum absolute atomic E-state index is 3.92. The zero-order valence-electron chi connectivity index (χ0n) is 7.22. The molecule has 0 saturated heterocycles. The lowest BCUT2D eigenvalue weighted by Gasteiger charge is -2.10. The number of hydrogen-bond acceptors (Lipinski definition) is 2. The third-order valence-corrected chi connectivity index (χ3v) is 1.73. The van der Waals surface area contributed by atoms with Gasteiger partial charge >= 0.3 is 0 Å². The second-order valence-corrected chi connectivity index (χ2v) is 2.41. The molecule has 1 atom stereocenters. The number of aliphatic imine (C=N–C) groups is 1. The molecule has 10 heavy (non-hydrogen) atoms. The molecule has 0 aromatic carbocycles. The quantitative estimate of drug-likeness (QED) is 0.577. The first kappa shape index (κ1) is 9.63. The van der Waals surface area contributed by atoms with E-state index in [4.69, 9.17) is 0 Å². The van der Waals surface area contributed by atoms with E-state index in [9.17, 15) is 0 Å². The molecule has 2 heteroatoms. The lowest BCUT2D eigenvalue weighted by molar-refractivity contribution is 0.519. The lowest BCUT2D eigenvalue weighted by atomic mass is 10.1. The first-order valence-electron chi connectivity index (χ1n) is 3.93. The highest BCUT2D eigenvalue weighted by molar-refractivity contribution is 5.56. The Bertz CT molecular complexity index is 85.3. The van der Waals surface area contributed by atoms with Crippen LogP contribution in [-0.4, -0.2) is 26.4 Å². The van der Waals surface area contributed by atoms with Gasteiger partial charge in [0.15, 0.2) is 0 Å². The minimum atomic E-state index is 0.665. The van der Waals surface area contributed by atoms with Crippen molar-refractivity contribution < 1.29 is 0 Å². The van der Waals surface area contributed by atoms with Gasteiger partial charge in [0, 0.05) is 13.1 Å². The van der Waals surface area contributed by atoms with Crippen molar-refractivity contribution in [1.29, 1.82) is 0 Å². The van der Waals surface area contributed by atoms with E-state index in [1.165, 1.54) is 12.8 Å². The second kappa shape index (κ2) is 6.75. The Kier molecular flexibility index (Phi) is 6.50. The highest BCUT2D eigenvalue weighted by Gasteiger charge is 1.99. The fourth-order valence-corrected chi connectivity index (χ4v) is 0.957. The van der Waals surface area contributed by atoms with Crippen LogP contribution in [0.1, 0.15) is 26.2 Å². The average molecular weight is 142 g/mol. The monoisotopic (exact) mass is 142 g/mol. The van der Waals surface area contributed by atoms with Crippen LogP contribution in [0.25, 0.3) is 0 Å². The van der Waals surface area contributed by atoms with E-state index in [1.807, 2.05) is 20.3 Å². The Balaban J connectivity index is 3.25. The minimum Gasteiger partial charge on any atom is -0.317 e. The van der Waals surface area contributed by atoms with Gasteiger partial charge in [0.2, 0.25) is 0 Å². The van der Waals surface area contributed by atoms with E-state index in [2.05, 4.69) is 17.2 Å². The molecule has 0 saturated carbocycles. The molecular formula is C8H18N2. The summed E-state index contributed by atoms with van der Waals surface area (Å²) < 4.78 is 0. The summed E-state index contributed by atoms with van der Waals surface area (Å²) in [6.07, 6.45) is 5.47. The standard InChI is InChI=1S/C8H18N2/c1-4-8(10-3)6-5-7-9-2/h7-8,10H,4-6H2,1-3H3. The molecule has 1 unspecified atom stereocenters. The van der Waals surface area contributed by atoms with E-state index in [0.717, 1.165) is 6.42 Å². The van der Waals surface area contributed by atoms with Crippen LogP contribution in [-0.2, 0) is 0 Å². The zero-order valence-corrected chi connectivity index (χ0v) is 7.22. The van der Waals surface area contributed by atoms with Crippen LogP contribution in [0.5, 0.6) is 0 Å². The minimum absolute atomic E-state index is 0.665. The summed E-state index contributed by atoms with van der Waals surface area (Å²) in [6, 6.07) is 0.665. The Morgan fingerprint density at radius 3 is 2.70 bits per heavy atom. The smallest absolute Gasteiger partial charge is 0.0273 e. The SMILES string of the molecule is CCC(CCC=NC)NC. The van der Waals surface area contributed by atoms with Gasteiger partial charge in [-0.2, -0.15) is 0 Å². The van der Waals surface area contributed by atoms with Gasteiger partial charge in [0.05, 0.1) is 0 Å². The molecular weight excluding hydrogens is 124 g/mol. The van der Waals surface area contributed by atoms with Crippen molar-refractivity contribution in [2.75, 3.05) is 14.1 Å². The largest absolute Gasteiger partial charge is 0.317 e.